The van der Waals surface area contributed by atoms with Crippen LogP contribution in [0.2, 0.25) is 0 Å². The monoisotopic (exact) mass is 329 g/mol. The van der Waals surface area contributed by atoms with Crippen LogP contribution in [-0.4, -0.2) is 27.8 Å². The van der Waals surface area contributed by atoms with Crippen LogP contribution in [-0.2, 0) is 0 Å². The van der Waals surface area contributed by atoms with Crippen molar-refractivity contribution in [2.75, 3.05) is 12.1 Å². The highest BCUT2D eigenvalue weighted by molar-refractivity contribution is 7.20. The summed E-state index contributed by atoms with van der Waals surface area (Å²) >= 11 is 1.14. The minimum atomic E-state index is -0.959. The maximum atomic E-state index is 11.3. The van der Waals surface area contributed by atoms with Gasteiger partial charge in [0.1, 0.15) is 21.9 Å². The lowest BCUT2D eigenvalue weighted by Gasteiger charge is -2.08. The Labute approximate surface area is 134 Å². The standard InChI is InChI=1S/C15H11N3O4S/c1-7-11-13(16-5-17-14(11)23-12(7)15(19)20)18-8-2-3-9-10(4-8)22-6-21-9/h2-5H,6H2,1H3,(H,19,20)(H,16,17,18). The second-order valence-electron chi connectivity index (χ2n) is 4.96. The second kappa shape index (κ2) is 5.10. The van der Waals surface area contributed by atoms with Gasteiger partial charge in [-0.1, -0.05) is 0 Å². The fraction of sp³-hybridized carbons (Fsp3) is 0.133. The molecular weight excluding hydrogens is 318 g/mol. The molecule has 2 aromatic heterocycles. The molecule has 3 heterocycles. The van der Waals surface area contributed by atoms with Crippen LogP contribution in [0.4, 0.5) is 11.5 Å². The zero-order valence-electron chi connectivity index (χ0n) is 12.0. The maximum Gasteiger partial charge on any atom is 0.346 e. The molecule has 1 aliphatic rings. The number of anilines is 2. The average molecular weight is 329 g/mol. The van der Waals surface area contributed by atoms with Gasteiger partial charge in [-0.25, -0.2) is 14.8 Å². The number of aryl methyl sites for hydroxylation is 1. The Morgan fingerprint density at radius 1 is 1.30 bits per heavy atom. The maximum absolute atomic E-state index is 11.3. The summed E-state index contributed by atoms with van der Waals surface area (Å²) in [7, 11) is 0. The number of carbonyl (C=O) groups is 1. The summed E-state index contributed by atoms with van der Waals surface area (Å²) in [4.78, 5) is 20.6. The van der Waals surface area contributed by atoms with E-state index in [4.69, 9.17) is 9.47 Å². The lowest BCUT2D eigenvalue weighted by molar-refractivity contribution is 0.0701. The van der Waals surface area contributed by atoms with Crippen molar-refractivity contribution < 1.29 is 19.4 Å². The van der Waals surface area contributed by atoms with Crippen LogP contribution in [0.15, 0.2) is 24.5 Å². The van der Waals surface area contributed by atoms with Crippen LogP contribution in [0, 0.1) is 6.92 Å². The van der Waals surface area contributed by atoms with Gasteiger partial charge in [-0.3, -0.25) is 0 Å². The second-order valence-corrected chi connectivity index (χ2v) is 5.96. The SMILES string of the molecule is Cc1c(C(=O)O)sc2ncnc(Nc3ccc4c(c3)OCO4)c12. The molecule has 0 unspecified atom stereocenters. The van der Waals surface area contributed by atoms with Gasteiger partial charge >= 0.3 is 5.97 Å². The summed E-state index contributed by atoms with van der Waals surface area (Å²) in [6.45, 7) is 1.97. The Bertz CT molecular complexity index is 938. The molecule has 2 N–H and O–H groups in total. The summed E-state index contributed by atoms with van der Waals surface area (Å²) in [5.41, 5.74) is 1.43. The molecule has 0 atom stereocenters. The van der Waals surface area contributed by atoms with Crippen molar-refractivity contribution in [3.8, 4) is 11.5 Å². The van der Waals surface area contributed by atoms with Gasteiger partial charge in [-0.05, 0) is 24.6 Å². The molecule has 1 aromatic carbocycles. The van der Waals surface area contributed by atoms with Crippen LogP contribution in [0.5, 0.6) is 11.5 Å². The highest BCUT2D eigenvalue weighted by Crippen LogP contribution is 2.37. The lowest BCUT2D eigenvalue weighted by Crippen LogP contribution is -1.97. The summed E-state index contributed by atoms with van der Waals surface area (Å²) in [6, 6.07) is 5.48. The molecule has 0 saturated carbocycles. The predicted molar refractivity (Wildman–Crippen MR) is 85.0 cm³/mol. The normalized spacial score (nSPS) is 12.6. The average Bonchev–Trinajstić information content (AvgIpc) is 3.12. The first-order valence-electron chi connectivity index (χ1n) is 6.77. The number of carboxylic acids is 1. The van der Waals surface area contributed by atoms with E-state index in [2.05, 4.69) is 15.3 Å². The van der Waals surface area contributed by atoms with E-state index in [1.807, 2.05) is 18.2 Å². The van der Waals surface area contributed by atoms with Crippen LogP contribution >= 0.6 is 11.3 Å². The number of nitrogens with one attached hydrogen (secondary N) is 1. The Morgan fingerprint density at radius 3 is 2.96 bits per heavy atom. The van der Waals surface area contributed by atoms with E-state index in [1.165, 1.54) is 6.33 Å². The number of carboxylic acid groups (broad SMARTS) is 1. The number of thiophene rings is 1. The minimum Gasteiger partial charge on any atom is -0.477 e. The molecule has 8 heteroatoms. The zero-order valence-corrected chi connectivity index (χ0v) is 12.8. The highest BCUT2D eigenvalue weighted by Gasteiger charge is 2.19. The van der Waals surface area contributed by atoms with E-state index in [0.29, 0.717) is 33.1 Å². The Morgan fingerprint density at radius 2 is 2.13 bits per heavy atom. The number of ether oxygens (including phenoxy) is 2. The molecule has 0 amide bonds. The number of aromatic carboxylic acids is 1. The molecule has 0 saturated heterocycles. The molecule has 1 aliphatic heterocycles. The number of aromatic nitrogens is 2. The molecule has 0 radical (unpaired) electrons. The van der Waals surface area contributed by atoms with Crippen molar-refractivity contribution in [3.63, 3.8) is 0 Å². The third kappa shape index (κ3) is 2.23. The largest absolute Gasteiger partial charge is 0.477 e. The summed E-state index contributed by atoms with van der Waals surface area (Å²) < 4.78 is 10.6. The Hall–Kier alpha value is -2.87. The summed E-state index contributed by atoms with van der Waals surface area (Å²) in [6.07, 6.45) is 1.42. The van der Waals surface area contributed by atoms with Crippen molar-refractivity contribution in [1.29, 1.82) is 0 Å². The number of hydrogen-bond acceptors (Lipinski definition) is 7. The van der Waals surface area contributed by atoms with Gasteiger partial charge in [-0.2, -0.15) is 0 Å². The molecule has 0 aliphatic carbocycles. The number of fused-ring (bicyclic) bond motifs is 2. The molecule has 116 valence electrons. The van der Waals surface area contributed by atoms with Gasteiger partial charge in [0, 0.05) is 11.8 Å². The Balaban J connectivity index is 1.78. The first-order chi connectivity index (χ1) is 11.1. The molecule has 3 aromatic rings. The third-order valence-corrected chi connectivity index (χ3v) is 4.74. The fourth-order valence-corrected chi connectivity index (χ4v) is 3.47. The first-order valence-corrected chi connectivity index (χ1v) is 7.59. The minimum absolute atomic E-state index is 0.210. The predicted octanol–water partition coefficient (Wildman–Crippen LogP) is 3.17. The van der Waals surface area contributed by atoms with E-state index in [1.54, 1.807) is 6.92 Å². The number of rotatable bonds is 3. The topological polar surface area (TPSA) is 93.6 Å². The third-order valence-electron chi connectivity index (χ3n) is 3.56. The van der Waals surface area contributed by atoms with Gasteiger partial charge in [0.25, 0.3) is 0 Å². The van der Waals surface area contributed by atoms with E-state index in [-0.39, 0.29) is 11.7 Å². The molecular formula is C15H11N3O4S. The van der Waals surface area contributed by atoms with Crippen molar-refractivity contribution >= 4 is 39.0 Å². The van der Waals surface area contributed by atoms with Crippen molar-refractivity contribution in [3.05, 3.63) is 35.0 Å². The molecule has 7 nitrogen and oxygen atoms in total. The Kier molecular flexibility index (Phi) is 3.05. The van der Waals surface area contributed by atoms with Gasteiger partial charge in [0.2, 0.25) is 6.79 Å². The fourth-order valence-electron chi connectivity index (χ4n) is 2.48. The number of benzene rings is 1. The highest BCUT2D eigenvalue weighted by atomic mass is 32.1. The van der Waals surface area contributed by atoms with Crippen LogP contribution in [0.3, 0.4) is 0 Å². The first kappa shape index (κ1) is 13.8. The summed E-state index contributed by atoms with van der Waals surface area (Å²) in [5.74, 6) is 0.964. The number of nitrogens with zero attached hydrogens (tertiary/aromatic N) is 2. The van der Waals surface area contributed by atoms with Gasteiger partial charge in [-0.15, -0.1) is 11.3 Å². The molecule has 0 fully saturated rings. The van der Waals surface area contributed by atoms with E-state index < -0.39 is 5.97 Å². The van der Waals surface area contributed by atoms with Crippen LogP contribution < -0.4 is 14.8 Å². The number of hydrogen-bond donors (Lipinski definition) is 2. The van der Waals surface area contributed by atoms with Gasteiger partial charge < -0.3 is 19.9 Å². The van der Waals surface area contributed by atoms with Gasteiger partial charge in [0.05, 0.1) is 5.39 Å². The quantitative estimate of drug-likeness (QED) is 0.762. The molecule has 0 spiro atoms. The summed E-state index contributed by atoms with van der Waals surface area (Å²) in [5, 5.41) is 13.2. The lowest BCUT2D eigenvalue weighted by atomic mass is 10.2. The van der Waals surface area contributed by atoms with E-state index in [9.17, 15) is 9.90 Å². The molecule has 23 heavy (non-hydrogen) atoms. The van der Waals surface area contributed by atoms with Crippen molar-refractivity contribution in [2.45, 2.75) is 6.92 Å². The van der Waals surface area contributed by atoms with Crippen LogP contribution in [0.25, 0.3) is 10.2 Å². The molecule has 4 rings (SSSR count). The van der Waals surface area contributed by atoms with Crippen LogP contribution in [0.1, 0.15) is 15.2 Å². The smallest absolute Gasteiger partial charge is 0.346 e. The zero-order chi connectivity index (χ0) is 16.0. The van der Waals surface area contributed by atoms with E-state index in [0.717, 1.165) is 17.0 Å². The van der Waals surface area contributed by atoms with Crippen molar-refractivity contribution in [1.82, 2.24) is 9.97 Å². The van der Waals surface area contributed by atoms with Crippen molar-refractivity contribution in [2.24, 2.45) is 0 Å². The van der Waals surface area contributed by atoms with Gasteiger partial charge in [0.15, 0.2) is 11.5 Å². The van der Waals surface area contributed by atoms with E-state index >= 15 is 0 Å². The molecule has 0 bridgehead atoms.